The second-order valence-corrected chi connectivity index (χ2v) is 10.7. The van der Waals surface area contributed by atoms with Crippen molar-refractivity contribution in [1.29, 1.82) is 0 Å². The fourth-order valence-corrected chi connectivity index (χ4v) is 6.22. The Morgan fingerprint density at radius 3 is 2.81 bits per heavy atom. The highest BCUT2D eigenvalue weighted by Gasteiger charge is 2.46. The van der Waals surface area contributed by atoms with Gasteiger partial charge in [0.05, 0.1) is 0 Å². The second kappa shape index (κ2) is 10.3. The van der Waals surface area contributed by atoms with Gasteiger partial charge in [-0.1, -0.05) is 49.4 Å². The van der Waals surface area contributed by atoms with E-state index in [-0.39, 0.29) is 23.6 Å². The Morgan fingerprint density at radius 2 is 2.09 bits per heavy atom. The Kier molecular flexibility index (Phi) is 7.44. The summed E-state index contributed by atoms with van der Waals surface area (Å²) in [5.41, 5.74) is 3.10. The molecule has 32 heavy (non-hydrogen) atoms. The van der Waals surface area contributed by atoms with Gasteiger partial charge in [0.2, 0.25) is 0 Å². The molecule has 1 aromatic carbocycles. The molecule has 1 aliphatic heterocycles. The fraction of sp³-hybridized carbons (Fsp3) is 0.360. The van der Waals surface area contributed by atoms with E-state index in [4.69, 9.17) is 16.3 Å². The van der Waals surface area contributed by atoms with Crippen molar-refractivity contribution >= 4 is 46.5 Å². The van der Waals surface area contributed by atoms with Gasteiger partial charge in [0.25, 0.3) is 0 Å². The Morgan fingerprint density at radius 1 is 1.28 bits per heavy atom. The van der Waals surface area contributed by atoms with E-state index in [1.165, 1.54) is 0 Å². The van der Waals surface area contributed by atoms with E-state index >= 15 is 0 Å². The van der Waals surface area contributed by atoms with Crippen LogP contribution in [-0.4, -0.2) is 29.9 Å². The maximum Gasteiger partial charge on any atom is 0.315 e. The highest BCUT2D eigenvalue weighted by molar-refractivity contribution is 7.99. The molecule has 2 aromatic rings. The van der Waals surface area contributed by atoms with Gasteiger partial charge in [-0.2, -0.15) is 11.8 Å². The third kappa shape index (κ3) is 4.68. The molecule has 0 saturated heterocycles. The van der Waals surface area contributed by atoms with Gasteiger partial charge in [-0.05, 0) is 41.2 Å². The van der Waals surface area contributed by atoms with Crippen molar-refractivity contribution in [1.82, 2.24) is 5.32 Å². The average Bonchev–Trinajstić information content (AvgIpc) is 3.30. The molecule has 3 unspecified atom stereocenters. The zero-order valence-electron chi connectivity index (χ0n) is 17.9. The van der Waals surface area contributed by atoms with Crippen LogP contribution in [0.15, 0.2) is 65.3 Å². The molecule has 1 N–H and O–H groups in total. The number of esters is 1. The third-order valence-electron chi connectivity index (χ3n) is 5.96. The van der Waals surface area contributed by atoms with E-state index < -0.39 is 5.92 Å². The zero-order valence-corrected chi connectivity index (χ0v) is 20.3. The first-order valence-electron chi connectivity index (χ1n) is 10.8. The number of ketones is 1. The molecule has 168 valence electrons. The molecular weight excluding hydrogens is 462 g/mol. The van der Waals surface area contributed by atoms with Crippen LogP contribution >= 0.6 is 34.7 Å². The summed E-state index contributed by atoms with van der Waals surface area (Å²) in [5.74, 6) is 0.451. The minimum absolute atomic E-state index is 0.00574. The van der Waals surface area contributed by atoms with Crippen molar-refractivity contribution in [2.75, 3.05) is 18.1 Å². The summed E-state index contributed by atoms with van der Waals surface area (Å²) >= 11 is 9.71. The molecule has 2 heterocycles. The number of ether oxygens (including phenoxy) is 1. The van der Waals surface area contributed by atoms with Crippen LogP contribution in [-0.2, 0) is 14.3 Å². The predicted octanol–water partition coefficient (Wildman–Crippen LogP) is 5.92. The minimum Gasteiger partial charge on any atom is -0.464 e. The number of nitrogens with one attached hydrogen (secondary N) is 1. The Hall–Kier alpha value is -2.02. The molecule has 0 amide bonds. The van der Waals surface area contributed by atoms with Gasteiger partial charge in [0.15, 0.2) is 5.78 Å². The molecule has 4 rings (SSSR count). The van der Waals surface area contributed by atoms with Crippen molar-refractivity contribution < 1.29 is 14.3 Å². The molecule has 0 fully saturated rings. The molecule has 3 atom stereocenters. The Labute approximate surface area is 202 Å². The first kappa shape index (κ1) is 23.1. The standard InChI is InChI=1S/C25H26ClNO3S2/c1-3-31-12-10-30-25(29)22-15(2)27-19-13-16(17-7-4-5-8-18(17)26)14-20(28)23(19)24(22)21-9-6-11-32-21/h4-9,11,16,22,24,27H,2-3,10,12-14H2,1H3. The summed E-state index contributed by atoms with van der Waals surface area (Å²) in [5, 5.41) is 5.96. The van der Waals surface area contributed by atoms with Crippen molar-refractivity contribution in [2.45, 2.75) is 31.6 Å². The summed E-state index contributed by atoms with van der Waals surface area (Å²) in [6, 6.07) is 11.6. The number of thioether (sulfide) groups is 1. The van der Waals surface area contributed by atoms with Crippen LogP contribution < -0.4 is 5.32 Å². The summed E-state index contributed by atoms with van der Waals surface area (Å²) in [6.07, 6.45) is 1.02. The lowest BCUT2D eigenvalue weighted by Gasteiger charge is -2.39. The number of carbonyl (C=O) groups is 2. The first-order valence-corrected chi connectivity index (χ1v) is 13.2. The number of carbonyl (C=O) groups excluding carboxylic acids is 2. The van der Waals surface area contributed by atoms with Gasteiger partial charge in [-0.25, -0.2) is 0 Å². The third-order valence-corrected chi connectivity index (χ3v) is 8.13. The summed E-state index contributed by atoms with van der Waals surface area (Å²) < 4.78 is 5.60. The number of thiophene rings is 1. The topological polar surface area (TPSA) is 55.4 Å². The van der Waals surface area contributed by atoms with Gasteiger partial charge in [0.1, 0.15) is 12.5 Å². The molecule has 0 radical (unpaired) electrons. The van der Waals surface area contributed by atoms with Gasteiger partial charge in [-0.15, -0.1) is 11.3 Å². The van der Waals surface area contributed by atoms with E-state index in [9.17, 15) is 9.59 Å². The highest BCUT2D eigenvalue weighted by atomic mass is 35.5. The van der Waals surface area contributed by atoms with Gasteiger partial charge in [0, 0.05) is 45.0 Å². The number of rotatable bonds is 7. The van der Waals surface area contributed by atoms with Crippen LogP contribution in [0.1, 0.15) is 42.0 Å². The lowest BCUT2D eigenvalue weighted by atomic mass is 9.71. The SMILES string of the molecule is C=C1NC2=C(C(=O)CC(c3ccccc3Cl)C2)C(c2cccs2)C1C(=O)OCCSCC. The van der Waals surface area contributed by atoms with Crippen molar-refractivity contribution in [3.8, 4) is 0 Å². The minimum atomic E-state index is -0.625. The molecule has 0 bridgehead atoms. The molecular formula is C25H26ClNO3S2. The number of hydrogen-bond donors (Lipinski definition) is 1. The van der Waals surface area contributed by atoms with E-state index in [1.54, 1.807) is 23.1 Å². The van der Waals surface area contributed by atoms with Crippen molar-refractivity contribution in [3.05, 3.63) is 80.8 Å². The maximum atomic E-state index is 13.5. The van der Waals surface area contributed by atoms with Gasteiger partial charge < -0.3 is 10.1 Å². The van der Waals surface area contributed by atoms with Crippen LogP contribution in [0.2, 0.25) is 5.02 Å². The first-order chi connectivity index (χ1) is 15.5. The Bertz CT molecular complexity index is 1050. The van der Waals surface area contributed by atoms with Crippen LogP contribution in [0, 0.1) is 5.92 Å². The van der Waals surface area contributed by atoms with Crippen LogP contribution in [0.4, 0.5) is 0 Å². The number of benzene rings is 1. The molecule has 0 saturated carbocycles. The monoisotopic (exact) mass is 487 g/mol. The molecule has 2 aliphatic rings. The van der Waals surface area contributed by atoms with E-state index in [0.717, 1.165) is 27.6 Å². The fourth-order valence-electron chi connectivity index (χ4n) is 4.56. The molecule has 7 heteroatoms. The van der Waals surface area contributed by atoms with E-state index in [1.807, 2.05) is 41.8 Å². The summed E-state index contributed by atoms with van der Waals surface area (Å²) in [4.78, 5) is 27.6. The van der Waals surface area contributed by atoms with E-state index in [0.29, 0.717) is 35.7 Å². The lowest BCUT2D eigenvalue weighted by molar-refractivity contribution is -0.147. The molecule has 4 nitrogen and oxygen atoms in total. The zero-order chi connectivity index (χ0) is 22.7. The molecule has 1 aromatic heterocycles. The van der Waals surface area contributed by atoms with Crippen molar-refractivity contribution in [2.24, 2.45) is 5.92 Å². The van der Waals surface area contributed by atoms with E-state index in [2.05, 4.69) is 18.8 Å². The van der Waals surface area contributed by atoms with Gasteiger partial charge in [-0.3, -0.25) is 9.59 Å². The number of Topliss-reactive ketones (excluding diaryl/α,β-unsaturated/α-hetero) is 1. The lowest BCUT2D eigenvalue weighted by Crippen LogP contribution is -2.42. The quantitative estimate of drug-likeness (QED) is 0.388. The van der Waals surface area contributed by atoms with Crippen molar-refractivity contribution in [3.63, 3.8) is 0 Å². The van der Waals surface area contributed by atoms with Crippen LogP contribution in [0.3, 0.4) is 0 Å². The molecule has 0 spiro atoms. The van der Waals surface area contributed by atoms with Gasteiger partial charge >= 0.3 is 5.97 Å². The molecule has 1 aliphatic carbocycles. The highest BCUT2D eigenvalue weighted by Crippen LogP contribution is 2.48. The number of hydrogen-bond acceptors (Lipinski definition) is 6. The smallest absolute Gasteiger partial charge is 0.315 e. The largest absolute Gasteiger partial charge is 0.464 e. The number of allylic oxidation sites excluding steroid dienone is 2. The average molecular weight is 488 g/mol. The number of halogens is 1. The summed E-state index contributed by atoms with van der Waals surface area (Å²) in [6.45, 7) is 6.60. The normalized spacial score (nSPS) is 23.0. The Balaban J connectivity index is 1.67. The second-order valence-electron chi connectivity index (χ2n) is 7.93. The van der Waals surface area contributed by atoms with Crippen LogP contribution in [0.25, 0.3) is 0 Å². The summed E-state index contributed by atoms with van der Waals surface area (Å²) in [7, 11) is 0. The van der Waals surface area contributed by atoms with Crippen LogP contribution in [0.5, 0.6) is 0 Å². The predicted molar refractivity (Wildman–Crippen MR) is 132 cm³/mol. The maximum absolute atomic E-state index is 13.5.